The molecule has 0 aliphatic carbocycles. The summed E-state index contributed by atoms with van der Waals surface area (Å²) in [5, 5.41) is 0.464. The molecule has 10 nitrogen and oxygen atoms in total. The third kappa shape index (κ3) is 7.29. The second kappa shape index (κ2) is 12.7. The summed E-state index contributed by atoms with van der Waals surface area (Å²) in [6, 6.07) is 12.4. The predicted molar refractivity (Wildman–Crippen MR) is 130 cm³/mol. The lowest BCUT2D eigenvalue weighted by molar-refractivity contribution is -0.152. The standard InChI is InChI=1S/C25H26ClN3O7/c1-2-3-12-35-24(33)17-6-10-20(11-7-17)29-14-18(13-22(29)31)25(34)36-15-21(30)27-28-23(32)16-4-8-19(26)9-5-16/h4-11,18H,2-3,12-15H2,1H3,(H,27,30)(H,28,32)/t18-/m1/s1. The van der Waals surface area contributed by atoms with Crippen LogP contribution in [0.1, 0.15) is 46.9 Å². The molecule has 0 bridgehead atoms. The molecule has 3 rings (SSSR count). The monoisotopic (exact) mass is 515 g/mol. The number of halogens is 1. The number of rotatable bonds is 9. The Morgan fingerprint density at radius 2 is 1.64 bits per heavy atom. The van der Waals surface area contributed by atoms with Gasteiger partial charge < -0.3 is 14.4 Å². The number of esters is 2. The van der Waals surface area contributed by atoms with Gasteiger partial charge in [-0.05, 0) is 55.0 Å². The molecule has 1 aliphatic rings. The summed E-state index contributed by atoms with van der Waals surface area (Å²) in [7, 11) is 0. The number of anilines is 1. The van der Waals surface area contributed by atoms with Crippen LogP contribution in [0.2, 0.25) is 5.02 Å². The van der Waals surface area contributed by atoms with Gasteiger partial charge in [-0.25, -0.2) is 4.79 Å². The van der Waals surface area contributed by atoms with E-state index in [2.05, 4.69) is 10.9 Å². The van der Waals surface area contributed by atoms with Gasteiger partial charge in [0.15, 0.2) is 6.61 Å². The lowest BCUT2D eigenvalue weighted by Crippen LogP contribution is -2.43. The van der Waals surface area contributed by atoms with Gasteiger partial charge in [0, 0.05) is 29.2 Å². The minimum Gasteiger partial charge on any atom is -0.462 e. The average Bonchev–Trinajstić information content (AvgIpc) is 3.28. The number of hydrogen-bond acceptors (Lipinski definition) is 7. The fourth-order valence-electron chi connectivity index (χ4n) is 3.38. The van der Waals surface area contributed by atoms with Crippen LogP contribution in [0, 0.1) is 5.92 Å². The summed E-state index contributed by atoms with van der Waals surface area (Å²) in [6.45, 7) is 1.79. The molecule has 0 spiro atoms. The lowest BCUT2D eigenvalue weighted by Gasteiger charge is -2.17. The summed E-state index contributed by atoms with van der Waals surface area (Å²) in [5.41, 5.74) is 5.53. The fourth-order valence-corrected chi connectivity index (χ4v) is 3.50. The Morgan fingerprint density at radius 1 is 0.972 bits per heavy atom. The van der Waals surface area contributed by atoms with Gasteiger partial charge in [-0.3, -0.25) is 30.0 Å². The van der Waals surface area contributed by atoms with Crippen LogP contribution in [0.25, 0.3) is 0 Å². The predicted octanol–water partition coefficient (Wildman–Crippen LogP) is 2.65. The van der Waals surface area contributed by atoms with Crippen molar-refractivity contribution in [2.75, 3.05) is 24.7 Å². The lowest BCUT2D eigenvalue weighted by atomic mass is 10.1. The Bertz CT molecular complexity index is 1120. The average molecular weight is 516 g/mol. The molecule has 0 unspecified atom stereocenters. The van der Waals surface area contributed by atoms with Crippen LogP contribution in [0.15, 0.2) is 48.5 Å². The van der Waals surface area contributed by atoms with Crippen LogP contribution in [0.5, 0.6) is 0 Å². The highest BCUT2D eigenvalue weighted by molar-refractivity contribution is 6.30. The van der Waals surface area contributed by atoms with Crippen molar-refractivity contribution >= 4 is 46.9 Å². The van der Waals surface area contributed by atoms with E-state index in [4.69, 9.17) is 21.1 Å². The normalized spacial score (nSPS) is 14.8. The smallest absolute Gasteiger partial charge is 0.338 e. The molecule has 1 aliphatic heterocycles. The van der Waals surface area contributed by atoms with E-state index in [1.165, 1.54) is 29.2 Å². The van der Waals surface area contributed by atoms with Crippen LogP contribution in [-0.4, -0.2) is 49.4 Å². The van der Waals surface area contributed by atoms with Crippen molar-refractivity contribution in [2.45, 2.75) is 26.2 Å². The zero-order valence-electron chi connectivity index (χ0n) is 19.6. The quantitative estimate of drug-likeness (QED) is 0.298. The van der Waals surface area contributed by atoms with Gasteiger partial charge >= 0.3 is 11.9 Å². The first-order valence-corrected chi connectivity index (χ1v) is 11.7. The number of nitrogens with zero attached hydrogens (tertiary/aromatic N) is 1. The highest BCUT2D eigenvalue weighted by Gasteiger charge is 2.36. The summed E-state index contributed by atoms with van der Waals surface area (Å²) in [5.74, 6) is -3.49. The number of unbranched alkanes of at least 4 members (excludes halogenated alkanes) is 1. The number of hydrogen-bond donors (Lipinski definition) is 2. The zero-order valence-corrected chi connectivity index (χ0v) is 20.4. The van der Waals surface area contributed by atoms with E-state index in [9.17, 15) is 24.0 Å². The van der Waals surface area contributed by atoms with Gasteiger partial charge in [-0.2, -0.15) is 0 Å². The maximum atomic E-state index is 12.4. The Morgan fingerprint density at radius 3 is 2.31 bits per heavy atom. The molecular formula is C25H26ClN3O7. The minimum absolute atomic E-state index is 0.0748. The highest BCUT2D eigenvalue weighted by Crippen LogP contribution is 2.26. The minimum atomic E-state index is -0.757. The van der Waals surface area contributed by atoms with Crippen molar-refractivity contribution in [3.63, 3.8) is 0 Å². The van der Waals surface area contributed by atoms with Crippen LogP contribution in [-0.2, 0) is 23.9 Å². The molecule has 2 aromatic rings. The van der Waals surface area contributed by atoms with Gasteiger partial charge in [-0.1, -0.05) is 24.9 Å². The molecule has 190 valence electrons. The largest absolute Gasteiger partial charge is 0.462 e. The number of nitrogens with one attached hydrogen (secondary N) is 2. The Kier molecular flexibility index (Phi) is 9.40. The highest BCUT2D eigenvalue weighted by atomic mass is 35.5. The Hall–Kier alpha value is -3.92. The molecule has 0 aromatic heterocycles. The van der Waals surface area contributed by atoms with E-state index in [1.807, 2.05) is 6.92 Å². The molecule has 3 amide bonds. The van der Waals surface area contributed by atoms with E-state index in [0.29, 0.717) is 22.9 Å². The van der Waals surface area contributed by atoms with Crippen LogP contribution in [0.4, 0.5) is 5.69 Å². The fraction of sp³-hybridized carbons (Fsp3) is 0.320. The van der Waals surface area contributed by atoms with Crippen LogP contribution >= 0.6 is 11.6 Å². The van der Waals surface area contributed by atoms with Crippen molar-refractivity contribution in [3.8, 4) is 0 Å². The van der Waals surface area contributed by atoms with Crippen LogP contribution < -0.4 is 15.8 Å². The van der Waals surface area contributed by atoms with E-state index in [1.54, 1.807) is 24.3 Å². The van der Waals surface area contributed by atoms with Gasteiger partial charge in [-0.15, -0.1) is 0 Å². The third-order valence-electron chi connectivity index (χ3n) is 5.37. The van der Waals surface area contributed by atoms with Crippen molar-refractivity contribution < 1.29 is 33.4 Å². The number of hydrazine groups is 1. The molecule has 1 fully saturated rings. The first-order valence-electron chi connectivity index (χ1n) is 11.4. The number of carbonyl (C=O) groups excluding carboxylic acids is 5. The molecule has 36 heavy (non-hydrogen) atoms. The van der Waals surface area contributed by atoms with Crippen LogP contribution in [0.3, 0.4) is 0 Å². The second-order valence-electron chi connectivity index (χ2n) is 8.06. The molecule has 2 aromatic carbocycles. The molecular weight excluding hydrogens is 490 g/mol. The van der Waals surface area contributed by atoms with Crippen molar-refractivity contribution in [1.82, 2.24) is 10.9 Å². The maximum Gasteiger partial charge on any atom is 0.338 e. The Labute approximate surface area is 212 Å². The number of ether oxygens (including phenoxy) is 2. The summed E-state index contributed by atoms with van der Waals surface area (Å²) in [4.78, 5) is 62.2. The first kappa shape index (κ1) is 26.7. The van der Waals surface area contributed by atoms with E-state index in [0.717, 1.165) is 12.8 Å². The number of benzene rings is 2. The molecule has 0 radical (unpaired) electrons. The van der Waals surface area contributed by atoms with Crippen molar-refractivity contribution in [3.05, 3.63) is 64.7 Å². The summed E-state index contributed by atoms with van der Waals surface area (Å²) in [6.07, 6.45) is 1.62. The summed E-state index contributed by atoms with van der Waals surface area (Å²) < 4.78 is 10.2. The van der Waals surface area contributed by atoms with Crippen molar-refractivity contribution in [2.24, 2.45) is 5.92 Å². The Balaban J connectivity index is 1.44. The maximum absolute atomic E-state index is 12.4. The molecule has 2 N–H and O–H groups in total. The van der Waals surface area contributed by atoms with E-state index >= 15 is 0 Å². The zero-order chi connectivity index (χ0) is 26.1. The third-order valence-corrected chi connectivity index (χ3v) is 5.62. The molecule has 0 saturated carbocycles. The topological polar surface area (TPSA) is 131 Å². The SMILES string of the molecule is CCCCOC(=O)c1ccc(N2C[C@H](C(=O)OCC(=O)NNC(=O)c3ccc(Cl)cc3)CC2=O)cc1. The van der Waals surface area contributed by atoms with Gasteiger partial charge in [0.1, 0.15) is 0 Å². The molecule has 1 heterocycles. The van der Waals surface area contributed by atoms with E-state index < -0.39 is 36.3 Å². The number of carbonyl (C=O) groups is 5. The number of amides is 3. The van der Waals surface area contributed by atoms with Gasteiger partial charge in [0.2, 0.25) is 5.91 Å². The van der Waals surface area contributed by atoms with Crippen molar-refractivity contribution in [1.29, 1.82) is 0 Å². The summed E-state index contributed by atoms with van der Waals surface area (Å²) >= 11 is 5.77. The van der Waals surface area contributed by atoms with Gasteiger partial charge in [0.05, 0.1) is 18.1 Å². The first-order chi connectivity index (χ1) is 17.3. The van der Waals surface area contributed by atoms with E-state index in [-0.39, 0.29) is 24.4 Å². The molecule has 1 atom stereocenters. The molecule has 1 saturated heterocycles. The second-order valence-corrected chi connectivity index (χ2v) is 8.50. The molecule has 11 heteroatoms. The van der Waals surface area contributed by atoms with Gasteiger partial charge in [0.25, 0.3) is 11.8 Å².